The van der Waals surface area contributed by atoms with Crippen molar-refractivity contribution in [3.8, 4) is 11.1 Å². The molecule has 1 fully saturated rings. The molecular formula is C20H23N3O4S. The highest BCUT2D eigenvalue weighted by Crippen LogP contribution is 2.33. The van der Waals surface area contributed by atoms with Gasteiger partial charge >= 0.3 is 0 Å². The summed E-state index contributed by atoms with van der Waals surface area (Å²) in [6.07, 6.45) is 3.77. The molecule has 2 heterocycles. The lowest BCUT2D eigenvalue weighted by atomic mass is 9.94. The van der Waals surface area contributed by atoms with Gasteiger partial charge in [0, 0.05) is 23.2 Å². The van der Waals surface area contributed by atoms with E-state index in [1.165, 1.54) is 0 Å². The fourth-order valence-corrected chi connectivity index (χ4v) is 5.43. The lowest BCUT2D eigenvalue weighted by Gasteiger charge is -2.26. The van der Waals surface area contributed by atoms with Crippen LogP contribution in [-0.4, -0.2) is 35.8 Å². The average molecular weight is 401 g/mol. The first-order valence-corrected chi connectivity index (χ1v) is 10.9. The number of aryl methyl sites for hydroxylation is 2. The summed E-state index contributed by atoms with van der Waals surface area (Å²) in [5.74, 6) is 0.630. The van der Waals surface area contributed by atoms with Crippen molar-refractivity contribution in [3.63, 3.8) is 0 Å². The van der Waals surface area contributed by atoms with Crippen molar-refractivity contribution in [1.29, 1.82) is 0 Å². The Kier molecular flexibility index (Phi) is 4.95. The molecule has 1 saturated carbocycles. The third-order valence-electron chi connectivity index (χ3n) is 5.31. The van der Waals surface area contributed by atoms with Gasteiger partial charge in [0.05, 0.1) is 22.2 Å². The van der Waals surface area contributed by atoms with E-state index in [0.29, 0.717) is 53.6 Å². The van der Waals surface area contributed by atoms with Crippen molar-refractivity contribution < 1.29 is 18.0 Å². The number of sulfonamides is 1. The van der Waals surface area contributed by atoms with E-state index in [0.717, 1.165) is 5.56 Å². The Morgan fingerprint density at radius 3 is 2.61 bits per heavy atom. The molecule has 1 aromatic carbocycles. The fraction of sp³-hybridized carbons (Fsp3) is 0.400. The lowest BCUT2D eigenvalue weighted by Crippen LogP contribution is -2.38. The third-order valence-corrected chi connectivity index (χ3v) is 6.87. The molecule has 4 rings (SSSR count). The summed E-state index contributed by atoms with van der Waals surface area (Å²) in [7, 11) is -3.77. The van der Waals surface area contributed by atoms with Gasteiger partial charge in [0.2, 0.25) is 10.0 Å². The first-order chi connectivity index (χ1) is 13.3. The van der Waals surface area contributed by atoms with Crippen molar-refractivity contribution in [1.82, 2.24) is 14.9 Å². The number of nitrogens with one attached hydrogen (secondary N) is 1. The largest absolute Gasteiger partial charge is 0.393 e. The topological polar surface area (TPSA) is 105 Å². The molecule has 148 valence electrons. The Morgan fingerprint density at radius 1 is 1.18 bits per heavy atom. The maximum absolute atomic E-state index is 13.2. The van der Waals surface area contributed by atoms with Gasteiger partial charge in [-0.1, -0.05) is 5.16 Å². The molecule has 0 aliphatic heterocycles. The summed E-state index contributed by atoms with van der Waals surface area (Å²) in [5.41, 5.74) is 2.79. The van der Waals surface area contributed by atoms with E-state index in [1.54, 1.807) is 31.3 Å². The minimum atomic E-state index is -3.77. The van der Waals surface area contributed by atoms with Crippen LogP contribution < -0.4 is 4.72 Å². The summed E-state index contributed by atoms with van der Waals surface area (Å²) >= 11 is 0. The quantitative estimate of drug-likeness (QED) is 0.696. The molecule has 0 spiro atoms. The number of aliphatic hydroxyl groups is 1. The minimum Gasteiger partial charge on any atom is -0.393 e. The molecule has 8 heteroatoms. The highest BCUT2D eigenvalue weighted by molar-refractivity contribution is 7.89. The van der Waals surface area contributed by atoms with Gasteiger partial charge in [-0.25, -0.2) is 13.1 Å². The van der Waals surface area contributed by atoms with Gasteiger partial charge < -0.3 is 9.63 Å². The van der Waals surface area contributed by atoms with Crippen molar-refractivity contribution in [3.05, 3.63) is 41.9 Å². The Balaban J connectivity index is 1.81. The zero-order chi connectivity index (χ0) is 19.9. The molecular weight excluding hydrogens is 378 g/mol. The molecule has 3 aromatic rings. The van der Waals surface area contributed by atoms with Gasteiger partial charge in [-0.05, 0) is 69.4 Å². The average Bonchev–Trinajstić information content (AvgIpc) is 3.01. The lowest BCUT2D eigenvalue weighted by molar-refractivity contribution is 0.120. The molecule has 28 heavy (non-hydrogen) atoms. The van der Waals surface area contributed by atoms with Crippen molar-refractivity contribution in [2.75, 3.05) is 0 Å². The second kappa shape index (κ2) is 7.27. The van der Waals surface area contributed by atoms with Gasteiger partial charge in [-0.2, -0.15) is 0 Å². The van der Waals surface area contributed by atoms with Crippen LogP contribution in [0.5, 0.6) is 0 Å². The molecule has 7 nitrogen and oxygen atoms in total. The highest BCUT2D eigenvalue weighted by atomic mass is 32.2. The van der Waals surface area contributed by atoms with E-state index in [4.69, 9.17) is 4.52 Å². The van der Waals surface area contributed by atoms with Crippen LogP contribution in [0.3, 0.4) is 0 Å². The standard InChI is InChI=1S/C20H23N3O4S/c1-12-20(13(2)27-22-12)14-10-18-17(4-3-9-21-18)19(11-14)28(25,26)23-15-5-7-16(24)8-6-15/h3-4,9-11,15-16,23-24H,5-8H2,1-2H3/t15-,16-. The molecule has 0 atom stereocenters. The number of fused-ring (bicyclic) bond motifs is 1. The first-order valence-electron chi connectivity index (χ1n) is 9.37. The van der Waals surface area contributed by atoms with Crippen LogP contribution in [0.25, 0.3) is 22.0 Å². The zero-order valence-electron chi connectivity index (χ0n) is 15.8. The summed E-state index contributed by atoms with van der Waals surface area (Å²) in [4.78, 5) is 4.56. The molecule has 2 N–H and O–H groups in total. The normalized spacial score (nSPS) is 20.5. The molecule has 1 aliphatic rings. The molecule has 0 bridgehead atoms. The SMILES string of the molecule is Cc1noc(C)c1-c1cc(S(=O)(=O)N[C@H]2CC[C@H](O)CC2)c2cccnc2c1. The number of hydrogen-bond donors (Lipinski definition) is 2. The second-order valence-electron chi connectivity index (χ2n) is 7.37. The summed E-state index contributed by atoms with van der Waals surface area (Å²) in [5, 5.41) is 14.2. The maximum Gasteiger partial charge on any atom is 0.241 e. The van der Waals surface area contributed by atoms with Crippen molar-refractivity contribution in [2.45, 2.75) is 56.6 Å². The number of pyridine rings is 1. The molecule has 2 aromatic heterocycles. The van der Waals surface area contributed by atoms with Crippen LogP contribution >= 0.6 is 0 Å². The predicted octanol–water partition coefficient (Wildman–Crippen LogP) is 3.09. The molecule has 0 unspecified atom stereocenters. The number of hydrogen-bond acceptors (Lipinski definition) is 6. The Labute approximate surface area is 163 Å². The summed E-state index contributed by atoms with van der Waals surface area (Å²) in [6.45, 7) is 3.63. The number of nitrogens with zero attached hydrogens (tertiary/aromatic N) is 2. The van der Waals surface area contributed by atoms with Crippen LogP contribution in [0.1, 0.15) is 37.1 Å². The smallest absolute Gasteiger partial charge is 0.241 e. The predicted molar refractivity (Wildman–Crippen MR) is 105 cm³/mol. The highest BCUT2D eigenvalue weighted by Gasteiger charge is 2.27. The zero-order valence-corrected chi connectivity index (χ0v) is 16.7. The van der Waals surface area contributed by atoms with E-state index < -0.39 is 10.0 Å². The van der Waals surface area contributed by atoms with Crippen LogP contribution in [0.15, 0.2) is 39.9 Å². The van der Waals surface area contributed by atoms with Gasteiger partial charge in [-0.3, -0.25) is 4.98 Å². The number of aromatic nitrogens is 2. The van der Waals surface area contributed by atoms with Gasteiger partial charge in [0.1, 0.15) is 5.76 Å². The maximum atomic E-state index is 13.2. The van der Waals surface area contributed by atoms with E-state index in [-0.39, 0.29) is 17.0 Å². The molecule has 0 radical (unpaired) electrons. The Bertz CT molecular complexity index is 1100. The third kappa shape index (κ3) is 3.55. The summed E-state index contributed by atoms with van der Waals surface area (Å²) < 4.78 is 34.6. The van der Waals surface area contributed by atoms with Crippen LogP contribution in [-0.2, 0) is 10.0 Å². The first kappa shape index (κ1) is 19.0. The second-order valence-corrected chi connectivity index (χ2v) is 9.05. The van der Waals surface area contributed by atoms with Gasteiger partial charge in [-0.15, -0.1) is 0 Å². The van der Waals surface area contributed by atoms with Crippen molar-refractivity contribution >= 4 is 20.9 Å². The fourth-order valence-electron chi connectivity index (χ4n) is 3.89. The van der Waals surface area contributed by atoms with E-state index in [9.17, 15) is 13.5 Å². The number of aliphatic hydroxyl groups excluding tert-OH is 1. The molecule has 1 aliphatic carbocycles. The van der Waals surface area contributed by atoms with E-state index >= 15 is 0 Å². The Morgan fingerprint density at radius 2 is 1.93 bits per heavy atom. The van der Waals surface area contributed by atoms with Crippen molar-refractivity contribution in [2.24, 2.45) is 0 Å². The van der Waals surface area contributed by atoms with E-state index in [2.05, 4.69) is 14.9 Å². The number of rotatable bonds is 4. The Hall–Kier alpha value is -2.29. The summed E-state index contributed by atoms with van der Waals surface area (Å²) in [6, 6.07) is 6.84. The van der Waals surface area contributed by atoms with E-state index in [1.807, 2.05) is 13.0 Å². The molecule has 0 saturated heterocycles. The van der Waals surface area contributed by atoms with Gasteiger partial charge in [0.15, 0.2) is 0 Å². The monoisotopic (exact) mass is 401 g/mol. The van der Waals surface area contributed by atoms with Crippen LogP contribution in [0.4, 0.5) is 0 Å². The molecule has 0 amide bonds. The van der Waals surface area contributed by atoms with Gasteiger partial charge in [0.25, 0.3) is 0 Å². The minimum absolute atomic E-state index is 0.178. The van der Waals surface area contributed by atoms with Crippen LogP contribution in [0, 0.1) is 13.8 Å². The number of benzene rings is 1. The van der Waals surface area contributed by atoms with Crippen LogP contribution in [0.2, 0.25) is 0 Å².